The van der Waals surface area contributed by atoms with E-state index < -0.39 is 6.09 Å². The molecule has 10 heteroatoms. The fourth-order valence-corrected chi connectivity index (χ4v) is 4.30. The molecule has 0 aliphatic carbocycles. The summed E-state index contributed by atoms with van der Waals surface area (Å²) in [6.07, 6.45) is 1.12. The van der Waals surface area contributed by atoms with Crippen molar-refractivity contribution in [2.24, 2.45) is 0 Å². The molecule has 0 saturated heterocycles. The second-order valence-electron chi connectivity index (χ2n) is 8.47. The van der Waals surface area contributed by atoms with Crippen LogP contribution in [0.4, 0.5) is 4.79 Å². The Hall–Kier alpha value is -4.05. The van der Waals surface area contributed by atoms with E-state index in [-0.39, 0.29) is 18.1 Å². The Morgan fingerprint density at radius 2 is 1.83 bits per heavy atom. The molecule has 2 aromatic carbocycles. The van der Waals surface area contributed by atoms with Gasteiger partial charge in [0.15, 0.2) is 23.0 Å². The van der Waals surface area contributed by atoms with E-state index >= 15 is 0 Å². The highest BCUT2D eigenvalue weighted by Gasteiger charge is 2.21. The van der Waals surface area contributed by atoms with Crippen molar-refractivity contribution in [2.45, 2.75) is 13.5 Å². The second-order valence-corrected chi connectivity index (χ2v) is 8.47. The Morgan fingerprint density at radius 1 is 1.09 bits per heavy atom. The van der Waals surface area contributed by atoms with Gasteiger partial charge in [-0.25, -0.2) is 4.79 Å². The first-order valence-corrected chi connectivity index (χ1v) is 11.3. The molecule has 3 heterocycles. The summed E-state index contributed by atoms with van der Waals surface area (Å²) in [5.74, 6) is 1.74. The number of aromatic nitrogens is 2. The molecule has 5 rings (SSSR count). The highest BCUT2D eigenvalue weighted by molar-refractivity contribution is 6.15. The number of carbonyl (C=O) groups excluding carboxylic acids is 1. The van der Waals surface area contributed by atoms with Crippen LogP contribution in [0.5, 0.6) is 23.0 Å². The number of likely N-dealkylation sites (N-methyl/N-ethyl adjacent to an activating group) is 1. The van der Waals surface area contributed by atoms with Gasteiger partial charge in [0.2, 0.25) is 6.79 Å². The highest BCUT2D eigenvalue weighted by atomic mass is 16.7. The van der Waals surface area contributed by atoms with Crippen molar-refractivity contribution in [1.29, 1.82) is 0 Å². The van der Waals surface area contributed by atoms with Crippen molar-refractivity contribution < 1.29 is 23.7 Å². The van der Waals surface area contributed by atoms with E-state index in [0.29, 0.717) is 53.2 Å². The summed E-state index contributed by atoms with van der Waals surface area (Å²) >= 11 is 0. The number of fused-ring (bicyclic) bond motifs is 6. The number of benzene rings is 2. The highest BCUT2D eigenvalue weighted by Crippen LogP contribution is 2.40. The number of nitrogens with zero attached hydrogens (tertiary/aromatic N) is 3. The average molecular weight is 479 g/mol. The first kappa shape index (κ1) is 22.7. The van der Waals surface area contributed by atoms with Crippen LogP contribution in [-0.4, -0.2) is 61.6 Å². The van der Waals surface area contributed by atoms with Gasteiger partial charge in [-0.3, -0.25) is 9.78 Å². The standard InChI is InChI=1S/C25H26N4O6/c1-5-26-25(31)35-22-9-15-14(8-19(22)32-4)17-12-27-18-11-21-20(33-13-34-21)10-16(18)23(17)29(24(15)30)7-6-28(2)3/h8-12H,5-7,13H2,1-4H3,(H,26,31). The van der Waals surface area contributed by atoms with Gasteiger partial charge in [-0.1, -0.05) is 0 Å². The minimum atomic E-state index is -0.623. The van der Waals surface area contributed by atoms with Crippen LogP contribution in [-0.2, 0) is 6.54 Å². The van der Waals surface area contributed by atoms with Gasteiger partial charge in [0.05, 0.1) is 23.5 Å². The second kappa shape index (κ2) is 8.95. The zero-order valence-electron chi connectivity index (χ0n) is 20.0. The first-order valence-electron chi connectivity index (χ1n) is 11.3. The average Bonchev–Trinajstić information content (AvgIpc) is 3.29. The van der Waals surface area contributed by atoms with E-state index in [1.807, 2.05) is 31.1 Å². The Labute approximate surface area is 200 Å². The zero-order chi connectivity index (χ0) is 24.7. The minimum Gasteiger partial charge on any atom is -0.493 e. The minimum absolute atomic E-state index is 0.144. The molecule has 0 saturated carbocycles. The predicted octanol–water partition coefficient (Wildman–Crippen LogP) is 3.11. The van der Waals surface area contributed by atoms with Crippen LogP contribution in [0.25, 0.3) is 32.6 Å². The van der Waals surface area contributed by atoms with Crippen LogP contribution >= 0.6 is 0 Å². The molecule has 0 atom stereocenters. The Balaban J connectivity index is 1.84. The summed E-state index contributed by atoms with van der Waals surface area (Å²) in [5, 5.41) is 5.19. The number of carbonyl (C=O) groups is 1. The molecule has 0 spiro atoms. The van der Waals surface area contributed by atoms with E-state index in [0.717, 1.165) is 16.3 Å². The van der Waals surface area contributed by atoms with E-state index in [9.17, 15) is 9.59 Å². The maximum Gasteiger partial charge on any atom is 0.412 e. The largest absolute Gasteiger partial charge is 0.493 e. The third-order valence-corrected chi connectivity index (χ3v) is 5.97. The molecular formula is C25H26N4O6. The Kier molecular flexibility index (Phi) is 5.81. The molecule has 10 nitrogen and oxygen atoms in total. The molecule has 0 unspecified atom stereocenters. The van der Waals surface area contributed by atoms with Gasteiger partial charge < -0.3 is 33.7 Å². The number of hydrogen-bond acceptors (Lipinski definition) is 8. The molecule has 1 N–H and O–H groups in total. The predicted molar refractivity (Wildman–Crippen MR) is 132 cm³/mol. The smallest absolute Gasteiger partial charge is 0.412 e. The van der Waals surface area contributed by atoms with Crippen LogP contribution < -0.4 is 29.8 Å². The SMILES string of the molecule is CCNC(=O)Oc1cc2c(=O)n(CCN(C)C)c3c4cc5c(cc4ncc3c2cc1OC)OCO5. The fraction of sp³-hybridized carbons (Fsp3) is 0.320. The monoisotopic (exact) mass is 478 g/mol. The Morgan fingerprint density at radius 3 is 2.54 bits per heavy atom. The molecule has 0 bridgehead atoms. The molecule has 1 aliphatic rings. The maximum atomic E-state index is 13.9. The molecule has 0 radical (unpaired) electrons. The van der Waals surface area contributed by atoms with Gasteiger partial charge in [0, 0.05) is 48.1 Å². The van der Waals surface area contributed by atoms with Crippen molar-refractivity contribution in [2.75, 3.05) is 41.1 Å². The van der Waals surface area contributed by atoms with Crippen molar-refractivity contribution >= 4 is 38.7 Å². The molecule has 0 fully saturated rings. The van der Waals surface area contributed by atoms with Crippen LogP contribution in [0, 0.1) is 0 Å². The van der Waals surface area contributed by atoms with Crippen LogP contribution in [0.3, 0.4) is 0 Å². The van der Waals surface area contributed by atoms with Gasteiger partial charge in [0.25, 0.3) is 5.56 Å². The number of amides is 1. The van der Waals surface area contributed by atoms with Crippen molar-refractivity contribution in [1.82, 2.24) is 19.8 Å². The van der Waals surface area contributed by atoms with Gasteiger partial charge >= 0.3 is 6.09 Å². The third-order valence-electron chi connectivity index (χ3n) is 5.97. The molecule has 4 aromatic rings. The van der Waals surface area contributed by atoms with Crippen molar-refractivity contribution in [3.63, 3.8) is 0 Å². The Bertz CT molecular complexity index is 1530. The third kappa shape index (κ3) is 3.95. The summed E-state index contributed by atoms with van der Waals surface area (Å²) in [4.78, 5) is 32.6. The quantitative estimate of drug-likeness (QED) is 0.422. The number of rotatable bonds is 6. The number of nitrogens with one attached hydrogen (secondary N) is 1. The molecule has 182 valence electrons. The molecule has 1 aliphatic heterocycles. The molecule has 35 heavy (non-hydrogen) atoms. The van der Waals surface area contributed by atoms with Gasteiger partial charge in [-0.05, 0) is 39.2 Å². The number of hydrogen-bond donors (Lipinski definition) is 1. The summed E-state index contributed by atoms with van der Waals surface area (Å²) in [6.45, 7) is 3.44. The lowest BCUT2D eigenvalue weighted by Gasteiger charge is -2.18. The van der Waals surface area contributed by atoms with Gasteiger partial charge in [0.1, 0.15) is 0 Å². The summed E-state index contributed by atoms with van der Waals surface area (Å²) in [7, 11) is 5.39. The van der Waals surface area contributed by atoms with Crippen LogP contribution in [0.1, 0.15) is 6.92 Å². The van der Waals surface area contributed by atoms with Gasteiger partial charge in [-0.15, -0.1) is 0 Å². The lowest BCUT2D eigenvalue weighted by Crippen LogP contribution is -2.28. The summed E-state index contributed by atoms with van der Waals surface area (Å²) < 4.78 is 23.8. The van der Waals surface area contributed by atoms with E-state index in [2.05, 4.69) is 10.3 Å². The fourth-order valence-electron chi connectivity index (χ4n) is 4.30. The summed E-state index contributed by atoms with van der Waals surface area (Å²) in [5.41, 5.74) is 1.23. The van der Waals surface area contributed by atoms with E-state index in [4.69, 9.17) is 18.9 Å². The maximum absolute atomic E-state index is 13.9. The van der Waals surface area contributed by atoms with E-state index in [1.165, 1.54) is 7.11 Å². The lowest BCUT2D eigenvalue weighted by molar-refractivity contribution is 0.174. The lowest BCUT2D eigenvalue weighted by atomic mass is 10.0. The molecule has 1 amide bonds. The van der Waals surface area contributed by atoms with E-state index in [1.54, 1.807) is 29.8 Å². The first-order chi connectivity index (χ1) is 16.9. The van der Waals surface area contributed by atoms with Crippen LogP contribution in [0.15, 0.2) is 35.3 Å². The normalized spacial score (nSPS) is 12.6. The zero-order valence-corrected chi connectivity index (χ0v) is 20.0. The number of methoxy groups -OCH3 is 1. The number of ether oxygens (including phenoxy) is 4. The molecule has 2 aromatic heterocycles. The number of pyridine rings is 2. The van der Waals surface area contributed by atoms with Crippen molar-refractivity contribution in [3.05, 3.63) is 40.8 Å². The summed E-state index contributed by atoms with van der Waals surface area (Å²) in [6, 6.07) is 6.96. The topological polar surface area (TPSA) is 104 Å². The molecular weight excluding hydrogens is 452 g/mol. The van der Waals surface area contributed by atoms with Gasteiger partial charge in [-0.2, -0.15) is 0 Å². The van der Waals surface area contributed by atoms with Crippen molar-refractivity contribution in [3.8, 4) is 23.0 Å². The van der Waals surface area contributed by atoms with Crippen LogP contribution in [0.2, 0.25) is 0 Å².